The average Bonchev–Trinajstić information content (AvgIpc) is 4.11. The van der Waals surface area contributed by atoms with Gasteiger partial charge in [0.1, 0.15) is 13.1 Å². The van der Waals surface area contributed by atoms with Crippen molar-refractivity contribution in [2.45, 2.75) is 74.7 Å². The molecule has 2 N–H and O–H groups in total. The second-order valence-electron chi connectivity index (χ2n) is 21.6. The van der Waals surface area contributed by atoms with E-state index in [1.54, 1.807) is 0 Å². The van der Waals surface area contributed by atoms with Crippen LogP contribution in [-0.4, -0.2) is 76.9 Å². The Kier molecular flexibility index (Phi) is 16.9. The van der Waals surface area contributed by atoms with Crippen molar-refractivity contribution in [3.8, 4) is 0 Å². The van der Waals surface area contributed by atoms with Crippen LogP contribution in [0.1, 0.15) is 119 Å². The van der Waals surface area contributed by atoms with E-state index in [1.165, 1.54) is 120 Å². The zero-order chi connectivity index (χ0) is 53.4. The van der Waals surface area contributed by atoms with Gasteiger partial charge in [0.05, 0.1) is 11.1 Å². The summed E-state index contributed by atoms with van der Waals surface area (Å²) in [5.41, 5.74) is 22.7. The molecule has 10 rings (SSSR count). The Bertz CT molecular complexity index is 2830. The Balaban J connectivity index is 0.920. The second kappa shape index (κ2) is 24.4. The van der Waals surface area contributed by atoms with E-state index in [1.807, 2.05) is 0 Å². The lowest BCUT2D eigenvalue weighted by Crippen LogP contribution is -2.77. The number of anilines is 4. The third-order valence-electron chi connectivity index (χ3n) is 17.7. The summed E-state index contributed by atoms with van der Waals surface area (Å²) in [6.45, 7) is 27.8. The van der Waals surface area contributed by atoms with Crippen LogP contribution in [0.25, 0.3) is 22.3 Å². The summed E-state index contributed by atoms with van der Waals surface area (Å²) in [5.74, 6) is 2.79. The Labute approximate surface area is 462 Å². The predicted octanol–water partition coefficient (Wildman–Crippen LogP) is 12.2. The van der Waals surface area contributed by atoms with Crippen molar-refractivity contribution in [3.05, 3.63) is 214 Å². The number of benzene rings is 6. The van der Waals surface area contributed by atoms with Crippen LogP contribution in [0.15, 0.2) is 170 Å². The van der Waals surface area contributed by atoms with Gasteiger partial charge >= 0.3 is 0 Å². The van der Waals surface area contributed by atoms with Crippen molar-refractivity contribution < 1.29 is 9.98 Å². The fourth-order valence-corrected chi connectivity index (χ4v) is 13.6. The lowest BCUT2D eigenvalue weighted by atomic mass is 9.80. The zero-order valence-electron chi connectivity index (χ0n) is 47.5. The van der Waals surface area contributed by atoms with Crippen LogP contribution in [0, 0.1) is 23.7 Å². The molecule has 0 amide bonds. The van der Waals surface area contributed by atoms with E-state index in [-0.39, 0.29) is 0 Å². The number of nitrogens with one attached hydrogen (secondary N) is 2. The monoisotopic (exact) mass is 1020 g/mol. The third kappa shape index (κ3) is 11.0. The van der Waals surface area contributed by atoms with E-state index in [9.17, 15) is 0 Å². The molecule has 2 fully saturated rings. The van der Waals surface area contributed by atoms with Gasteiger partial charge in [0.15, 0.2) is 0 Å². The summed E-state index contributed by atoms with van der Waals surface area (Å²) in [4.78, 5) is 17.8. The molecule has 2 bridgehead atoms. The summed E-state index contributed by atoms with van der Waals surface area (Å²) < 4.78 is 0. The fourth-order valence-electron chi connectivity index (χ4n) is 13.6. The molecule has 0 heterocycles. The summed E-state index contributed by atoms with van der Waals surface area (Å²) in [7, 11) is 0. The molecule has 6 nitrogen and oxygen atoms in total. The molecule has 2 unspecified atom stereocenters. The molecule has 0 radical (unpaired) electrons. The standard InChI is InChI=1S/C71H82N6/c1-9-74(10-2)57-33-25-51(26-34-57)70(52-27-35-58(36-28-52)75(11-3)12-4)65-41-43-68(63-23-19-17-21-61(63)65)72-48-55-45-50-46-56(67(55)47-50)49-73-69-44-42-66(62-22-18-20-24-64(62)69)71(53-29-37-59(38-30-53)76(13-5)14-6)54-31-39-60(40-32-54)77(15-7)16-8/h17-44,50,55-56,67H,9-16,45-49H2,1-8H3/p+2. The van der Waals surface area contributed by atoms with Crippen LogP contribution in [0.5, 0.6) is 0 Å². The second-order valence-corrected chi connectivity index (χ2v) is 21.6. The predicted molar refractivity (Wildman–Crippen MR) is 331 cm³/mol. The van der Waals surface area contributed by atoms with Crippen LogP contribution in [0.4, 0.5) is 22.7 Å². The smallest absolute Gasteiger partial charge is 0.206 e. The Morgan fingerprint density at radius 1 is 0.351 bits per heavy atom. The number of nitrogens with zero attached hydrogens (tertiary/aromatic N) is 4. The topological polar surface area (TPSA) is 40.9 Å². The lowest BCUT2D eigenvalue weighted by molar-refractivity contribution is -0.476. The van der Waals surface area contributed by atoms with Gasteiger partial charge in [-0.15, -0.1) is 0 Å². The molecule has 4 aliphatic carbocycles. The maximum atomic E-state index is 4.07. The van der Waals surface area contributed by atoms with Gasteiger partial charge < -0.3 is 19.6 Å². The number of fused-ring (bicyclic) bond motifs is 4. The highest BCUT2D eigenvalue weighted by atomic mass is 15.1. The minimum atomic E-state index is 0.646. The maximum Gasteiger partial charge on any atom is 0.206 e. The minimum Gasteiger partial charge on any atom is -0.372 e. The Hall–Kier alpha value is -7.18. The van der Waals surface area contributed by atoms with E-state index in [4.69, 9.17) is 0 Å². The highest BCUT2D eigenvalue weighted by Crippen LogP contribution is 2.51. The van der Waals surface area contributed by atoms with Crippen LogP contribution in [-0.2, 0) is 0 Å². The molecule has 6 heteroatoms. The first-order valence-corrected chi connectivity index (χ1v) is 29.5. The van der Waals surface area contributed by atoms with Crippen LogP contribution in [0.2, 0.25) is 0 Å². The summed E-state index contributed by atoms with van der Waals surface area (Å²) in [6.07, 6.45) is 13.5. The Morgan fingerprint density at radius 3 is 0.909 bits per heavy atom. The van der Waals surface area contributed by atoms with E-state index >= 15 is 0 Å². The van der Waals surface area contributed by atoms with Gasteiger partial charge in [-0.3, -0.25) is 0 Å². The molecular weight excluding hydrogens is 937 g/mol. The van der Waals surface area contributed by atoms with Crippen molar-refractivity contribution in [1.82, 2.24) is 0 Å². The third-order valence-corrected chi connectivity index (χ3v) is 17.7. The number of rotatable bonds is 20. The Morgan fingerprint density at radius 2 is 0.636 bits per heavy atom. The summed E-state index contributed by atoms with van der Waals surface area (Å²) in [6, 6.07) is 55.2. The van der Waals surface area contributed by atoms with Gasteiger partial charge in [-0.1, -0.05) is 84.9 Å². The first-order valence-electron chi connectivity index (χ1n) is 29.5. The molecular formula is C71H84N6+2. The first-order chi connectivity index (χ1) is 37.8. The molecule has 77 heavy (non-hydrogen) atoms. The van der Waals surface area contributed by atoms with Crippen molar-refractivity contribution >= 4 is 56.5 Å². The highest BCUT2D eigenvalue weighted by Gasteiger charge is 2.48. The number of allylic oxidation sites excluding steroid dienone is 6. The van der Waals surface area contributed by atoms with E-state index in [0.717, 1.165) is 71.4 Å². The molecule has 0 saturated heterocycles. The molecule has 0 aromatic heterocycles. The SMILES string of the molecule is CCN(CC)c1ccc(C(=C2C=CC(=[NH+]CC3CC4CC(C[NH+]=C5C=CC(=C(c6ccc(N(CC)CC)cc6)c6ccc(N(CC)CC)cc6)c6ccccc65)C3C4)c3ccccc32)c2ccc(N(CC)CC)cc2)cc1. The van der Waals surface area contributed by atoms with E-state index in [2.05, 4.69) is 255 Å². The number of hydrogen-bond donors (Lipinski definition) is 2. The molecule has 4 aliphatic rings. The van der Waals surface area contributed by atoms with Crippen LogP contribution in [0.3, 0.4) is 0 Å². The van der Waals surface area contributed by atoms with Gasteiger partial charge in [0, 0.05) is 99.1 Å². The normalized spacial score (nSPS) is 19.2. The largest absolute Gasteiger partial charge is 0.372 e. The van der Waals surface area contributed by atoms with Crippen molar-refractivity contribution in [2.75, 3.05) is 85.0 Å². The first kappa shape index (κ1) is 53.2. The molecule has 0 spiro atoms. The quantitative estimate of drug-likeness (QED) is 0.0800. The summed E-state index contributed by atoms with van der Waals surface area (Å²) >= 11 is 0. The molecule has 2 atom stereocenters. The van der Waals surface area contributed by atoms with Crippen LogP contribution < -0.4 is 29.6 Å². The van der Waals surface area contributed by atoms with Gasteiger partial charge in [-0.05, 0) is 215 Å². The van der Waals surface area contributed by atoms with Gasteiger partial charge in [-0.2, -0.15) is 0 Å². The van der Waals surface area contributed by atoms with Crippen molar-refractivity contribution in [1.29, 1.82) is 0 Å². The van der Waals surface area contributed by atoms with Gasteiger partial charge in [0.25, 0.3) is 0 Å². The van der Waals surface area contributed by atoms with Gasteiger partial charge in [0.2, 0.25) is 11.4 Å². The summed E-state index contributed by atoms with van der Waals surface area (Å²) in [5, 5.41) is 0. The van der Waals surface area contributed by atoms with E-state index in [0.29, 0.717) is 17.8 Å². The van der Waals surface area contributed by atoms with Crippen LogP contribution >= 0.6 is 0 Å². The fraction of sp³-hybridized carbons (Fsp3) is 0.352. The molecule has 6 aromatic carbocycles. The number of hydrogen-bond acceptors (Lipinski definition) is 4. The van der Waals surface area contributed by atoms with Crippen molar-refractivity contribution in [3.63, 3.8) is 0 Å². The van der Waals surface area contributed by atoms with E-state index < -0.39 is 0 Å². The highest BCUT2D eigenvalue weighted by molar-refractivity contribution is 6.18. The zero-order valence-corrected chi connectivity index (χ0v) is 47.5. The van der Waals surface area contributed by atoms with Gasteiger partial charge in [-0.25, -0.2) is 9.98 Å². The molecule has 0 aliphatic heterocycles. The maximum absolute atomic E-state index is 4.07. The lowest BCUT2D eigenvalue weighted by Gasteiger charge is -2.25. The molecule has 2 saturated carbocycles. The molecule has 396 valence electrons. The molecule has 6 aromatic rings. The average molecular weight is 1020 g/mol. The minimum absolute atomic E-state index is 0.646. The van der Waals surface area contributed by atoms with Crippen molar-refractivity contribution in [2.24, 2.45) is 23.7 Å².